The van der Waals surface area contributed by atoms with E-state index in [1.165, 1.54) is 0 Å². The van der Waals surface area contributed by atoms with Crippen LogP contribution < -0.4 is 4.74 Å². The Bertz CT molecular complexity index is 982. The smallest absolute Gasteiger partial charge is 0.416 e. The highest BCUT2D eigenvalue weighted by Gasteiger charge is 2.34. The van der Waals surface area contributed by atoms with Gasteiger partial charge in [-0.25, -0.2) is 4.79 Å². The lowest BCUT2D eigenvalue weighted by Gasteiger charge is -2.26. The van der Waals surface area contributed by atoms with Crippen LogP contribution in [0.15, 0.2) is 91.1 Å². The highest BCUT2D eigenvalue weighted by Crippen LogP contribution is 2.35. The van der Waals surface area contributed by atoms with Gasteiger partial charge in [0.25, 0.3) is 0 Å². The molecule has 1 atom stereocenters. The van der Waals surface area contributed by atoms with Gasteiger partial charge < -0.3 is 9.47 Å². The molecule has 0 saturated carbocycles. The van der Waals surface area contributed by atoms with Gasteiger partial charge in [0.2, 0.25) is 6.29 Å². The fourth-order valence-electron chi connectivity index (χ4n) is 3.30. The molecule has 0 radical (unpaired) electrons. The van der Waals surface area contributed by atoms with Gasteiger partial charge in [-0.3, -0.25) is 0 Å². The maximum atomic E-state index is 12.9. The molecule has 0 spiro atoms. The normalized spacial score (nSPS) is 16.8. The van der Waals surface area contributed by atoms with Gasteiger partial charge in [-0.1, -0.05) is 79.8 Å². The number of alkyl halides is 3. The third kappa shape index (κ3) is 11.4. The lowest BCUT2D eigenvalue weighted by molar-refractivity contribution is -0.138. The monoisotopic (exact) mass is 500 g/mol. The van der Waals surface area contributed by atoms with Gasteiger partial charge in [-0.05, 0) is 63.1 Å². The summed E-state index contributed by atoms with van der Waals surface area (Å²) in [5, 5.41) is 0. The van der Waals surface area contributed by atoms with Crippen LogP contribution in [0.25, 0.3) is 0 Å². The topological polar surface area (TPSA) is 35.5 Å². The molecule has 0 aromatic heterocycles. The summed E-state index contributed by atoms with van der Waals surface area (Å²) in [7, 11) is 0. The molecule has 2 rings (SSSR count). The predicted octanol–water partition coefficient (Wildman–Crippen LogP) is 9.06. The molecule has 0 N–H and O–H groups in total. The maximum absolute atomic E-state index is 12.9. The molecule has 1 aliphatic heterocycles. The van der Waals surface area contributed by atoms with Crippen molar-refractivity contribution in [3.63, 3.8) is 0 Å². The molecule has 1 aromatic carbocycles. The Morgan fingerprint density at radius 1 is 0.750 bits per heavy atom. The Morgan fingerprint density at radius 3 is 1.75 bits per heavy atom. The number of fused-ring (bicyclic) bond motifs is 1. The Hall–Kier alpha value is -3.28. The summed E-state index contributed by atoms with van der Waals surface area (Å²) in [6.45, 7) is 2.13. The fraction of sp³-hybridized carbons (Fsp3) is 0.367. The Balaban J connectivity index is 1.58. The van der Waals surface area contributed by atoms with Crippen LogP contribution in [0.3, 0.4) is 0 Å². The Labute approximate surface area is 212 Å². The van der Waals surface area contributed by atoms with Crippen LogP contribution in [0.4, 0.5) is 13.2 Å². The summed E-state index contributed by atoms with van der Waals surface area (Å²) >= 11 is 0. The summed E-state index contributed by atoms with van der Waals surface area (Å²) < 4.78 is 49.3. The third-order valence-electron chi connectivity index (χ3n) is 5.19. The van der Waals surface area contributed by atoms with E-state index in [0.717, 1.165) is 56.7 Å². The van der Waals surface area contributed by atoms with Gasteiger partial charge in [-0.2, -0.15) is 13.2 Å². The van der Waals surface area contributed by atoms with E-state index in [1.807, 2.05) is 12.2 Å². The van der Waals surface area contributed by atoms with Crippen LogP contribution in [0.2, 0.25) is 0 Å². The van der Waals surface area contributed by atoms with Crippen LogP contribution in [0, 0.1) is 0 Å². The SMILES string of the molecule is CC/C=C\C/C=C\C/C=C\C/C=C\C/C=C\C/C=C\CCC1OC(=O)c2ccc(C(F)(F)F)cc2O1. The van der Waals surface area contributed by atoms with Crippen LogP contribution in [0.5, 0.6) is 5.75 Å². The van der Waals surface area contributed by atoms with Crippen LogP contribution >= 0.6 is 0 Å². The summed E-state index contributed by atoms with van der Waals surface area (Å²) in [5.74, 6) is -0.758. The number of hydrogen-bond donors (Lipinski definition) is 0. The minimum absolute atomic E-state index is 0.00758. The van der Waals surface area contributed by atoms with E-state index in [9.17, 15) is 18.0 Å². The molecule has 0 bridgehead atoms. The van der Waals surface area contributed by atoms with Crippen molar-refractivity contribution in [3.8, 4) is 5.75 Å². The zero-order valence-corrected chi connectivity index (χ0v) is 20.8. The van der Waals surface area contributed by atoms with E-state index in [4.69, 9.17) is 9.47 Å². The molecule has 1 heterocycles. The van der Waals surface area contributed by atoms with Crippen molar-refractivity contribution in [3.05, 3.63) is 102 Å². The number of esters is 1. The Morgan fingerprint density at radius 2 is 1.25 bits per heavy atom. The van der Waals surface area contributed by atoms with Gasteiger partial charge in [0.15, 0.2) is 0 Å². The van der Waals surface area contributed by atoms with E-state index in [-0.39, 0.29) is 11.3 Å². The van der Waals surface area contributed by atoms with Crippen LogP contribution in [0.1, 0.15) is 74.2 Å². The quantitative estimate of drug-likeness (QED) is 0.189. The number of benzene rings is 1. The number of rotatable bonds is 14. The molecule has 0 aliphatic carbocycles. The van der Waals surface area contributed by atoms with Crippen LogP contribution in [-0.2, 0) is 10.9 Å². The van der Waals surface area contributed by atoms with Gasteiger partial charge in [0.1, 0.15) is 11.3 Å². The molecule has 1 aliphatic rings. The summed E-state index contributed by atoms with van der Waals surface area (Å²) in [6, 6.07) is 2.78. The molecule has 0 fully saturated rings. The average molecular weight is 501 g/mol. The first-order valence-corrected chi connectivity index (χ1v) is 12.4. The minimum Gasteiger partial charge on any atom is -0.454 e. The molecule has 36 heavy (non-hydrogen) atoms. The van der Waals surface area contributed by atoms with Crippen LogP contribution in [-0.4, -0.2) is 12.3 Å². The molecule has 3 nitrogen and oxygen atoms in total. The van der Waals surface area contributed by atoms with Gasteiger partial charge >= 0.3 is 12.1 Å². The zero-order chi connectivity index (χ0) is 26.1. The largest absolute Gasteiger partial charge is 0.454 e. The predicted molar refractivity (Wildman–Crippen MR) is 139 cm³/mol. The summed E-state index contributed by atoms with van der Waals surface area (Å²) in [4.78, 5) is 12.0. The number of carbonyl (C=O) groups is 1. The number of carbonyl (C=O) groups excluding carboxylic acids is 1. The number of cyclic esters (lactones) is 1. The maximum Gasteiger partial charge on any atom is 0.416 e. The summed E-state index contributed by atoms with van der Waals surface area (Å²) in [6.07, 6.45) is 26.6. The third-order valence-corrected chi connectivity index (χ3v) is 5.19. The molecular weight excluding hydrogens is 465 g/mol. The number of ether oxygens (including phenoxy) is 2. The number of halogens is 3. The molecular formula is C30H35F3O3. The van der Waals surface area contributed by atoms with Crippen molar-refractivity contribution >= 4 is 5.97 Å². The average Bonchev–Trinajstić information content (AvgIpc) is 2.84. The van der Waals surface area contributed by atoms with Gasteiger partial charge in [0, 0.05) is 6.42 Å². The van der Waals surface area contributed by atoms with Crippen molar-refractivity contribution in [2.24, 2.45) is 0 Å². The van der Waals surface area contributed by atoms with Gasteiger partial charge in [-0.15, -0.1) is 0 Å². The second-order valence-corrected chi connectivity index (χ2v) is 8.15. The first-order chi connectivity index (χ1) is 17.4. The molecule has 1 aromatic rings. The van der Waals surface area contributed by atoms with Crippen molar-refractivity contribution in [2.45, 2.75) is 70.8 Å². The lowest BCUT2D eigenvalue weighted by Crippen LogP contribution is -2.30. The zero-order valence-electron chi connectivity index (χ0n) is 20.8. The molecule has 6 heteroatoms. The van der Waals surface area contributed by atoms with E-state index in [2.05, 4.69) is 67.7 Å². The van der Waals surface area contributed by atoms with E-state index in [0.29, 0.717) is 12.8 Å². The summed E-state index contributed by atoms with van der Waals surface area (Å²) in [5.41, 5.74) is -0.847. The lowest BCUT2D eigenvalue weighted by atomic mass is 10.1. The fourth-order valence-corrected chi connectivity index (χ4v) is 3.30. The highest BCUT2D eigenvalue weighted by atomic mass is 19.4. The van der Waals surface area contributed by atoms with Crippen molar-refractivity contribution in [1.29, 1.82) is 0 Å². The van der Waals surface area contributed by atoms with Gasteiger partial charge in [0.05, 0.1) is 5.56 Å². The van der Waals surface area contributed by atoms with Crippen molar-refractivity contribution in [2.75, 3.05) is 0 Å². The van der Waals surface area contributed by atoms with Crippen molar-refractivity contribution in [1.82, 2.24) is 0 Å². The molecule has 194 valence electrons. The van der Waals surface area contributed by atoms with E-state index >= 15 is 0 Å². The molecule has 0 amide bonds. The Kier molecular flexibility index (Phi) is 13.2. The molecule has 1 unspecified atom stereocenters. The first kappa shape index (κ1) is 29.0. The number of allylic oxidation sites excluding steroid dienone is 12. The first-order valence-electron chi connectivity index (χ1n) is 12.4. The second kappa shape index (κ2) is 16.4. The number of hydrogen-bond acceptors (Lipinski definition) is 3. The standard InChI is InChI=1S/C30H35F3O3/c1-2-3-4-5-6-7-8-9-10-11-12-13-14-15-16-17-18-19-20-21-28-35-27-24-25(30(31,32)33)22-23-26(27)29(34)36-28/h3-4,6-7,9-10,12-13,15-16,18-19,22-24,28H,2,5,8,11,14,17,20-21H2,1H3/b4-3-,7-6-,10-9-,13-12-,16-15-,19-18-. The second-order valence-electron chi connectivity index (χ2n) is 8.15. The van der Waals surface area contributed by atoms with Crippen molar-refractivity contribution < 1.29 is 27.4 Å². The van der Waals surface area contributed by atoms with E-state index in [1.54, 1.807) is 0 Å². The highest BCUT2D eigenvalue weighted by molar-refractivity contribution is 5.93. The molecule has 0 saturated heterocycles. The minimum atomic E-state index is -4.50. The van der Waals surface area contributed by atoms with E-state index < -0.39 is 24.0 Å².